The minimum atomic E-state index is 0.00486. The Hall–Kier alpha value is -2.02. The Labute approximate surface area is 154 Å². The monoisotopic (exact) mass is 363 g/mol. The number of piperidine rings is 1. The van der Waals surface area contributed by atoms with Gasteiger partial charge in [-0.15, -0.1) is 0 Å². The highest BCUT2D eigenvalue weighted by Gasteiger charge is 2.35. The van der Waals surface area contributed by atoms with Crippen LogP contribution in [-0.4, -0.2) is 66.7 Å². The number of hydrogen-bond donors (Lipinski definition) is 1. The van der Waals surface area contributed by atoms with Crippen molar-refractivity contribution in [2.45, 2.75) is 51.1 Å². The summed E-state index contributed by atoms with van der Waals surface area (Å²) in [4.78, 5) is 29.1. The highest BCUT2D eigenvalue weighted by molar-refractivity contribution is 5.93. The molecule has 2 saturated heterocycles. The second kappa shape index (κ2) is 9.07. The summed E-state index contributed by atoms with van der Waals surface area (Å²) in [5.74, 6) is 0.00486. The van der Waals surface area contributed by atoms with Gasteiger partial charge in [-0.1, -0.05) is 6.92 Å². The van der Waals surface area contributed by atoms with Crippen LogP contribution in [0, 0.1) is 0 Å². The van der Waals surface area contributed by atoms with E-state index in [9.17, 15) is 9.59 Å². The summed E-state index contributed by atoms with van der Waals surface area (Å²) in [6, 6.07) is 2.12. The van der Waals surface area contributed by atoms with Crippen LogP contribution in [0.5, 0.6) is 0 Å². The van der Waals surface area contributed by atoms with E-state index in [4.69, 9.17) is 9.15 Å². The number of ether oxygens (including phenoxy) is 1. The van der Waals surface area contributed by atoms with Gasteiger partial charge in [0, 0.05) is 44.9 Å². The van der Waals surface area contributed by atoms with E-state index < -0.39 is 0 Å². The molecule has 1 aromatic rings. The summed E-state index contributed by atoms with van der Waals surface area (Å²) in [6.45, 7) is 5.49. The molecule has 0 spiro atoms. The smallest absolute Gasteiger partial charge is 0.317 e. The van der Waals surface area contributed by atoms with Crippen molar-refractivity contribution in [3.63, 3.8) is 0 Å². The van der Waals surface area contributed by atoms with Crippen LogP contribution in [0.15, 0.2) is 23.0 Å². The largest absolute Gasteiger partial charge is 0.472 e. The third kappa shape index (κ3) is 4.38. The van der Waals surface area contributed by atoms with Gasteiger partial charge in [0.1, 0.15) is 6.26 Å². The summed E-state index contributed by atoms with van der Waals surface area (Å²) < 4.78 is 10.5. The molecule has 0 atom stereocenters. The molecule has 3 heterocycles. The van der Waals surface area contributed by atoms with Gasteiger partial charge in [-0.2, -0.15) is 0 Å². The summed E-state index contributed by atoms with van der Waals surface area (Å²) in [5.41, 5.74) is 0.588. The third-order valence-electron chi connectivity index (χ3n) is 5.26. The fourth-order valence-corrected chi connectivity index (χ4v) is 3.83. The van der Waals surface area contributed by atoms with Crippen LogP contribution in [0.2, 0.25) is 0 Å². The van der Waals surface area contributed by atoms with E-state index in [1.807, 2.05) is 9.80 Å². The van der Waals surface area contributed by atoms with Crippen molar-refractivity contribution in [3.05, 3.63) is 24.2 Å². The molecule has 26 heavy (non-hydrogen) atoms. The van der Waals surface area contributed by atoms with Crippen molar-refractivity contribution in [2.75, 3.05) is 32.8 Å². The predicted octanol–water partition coefficient (Wildman–Crippen LogP) is 2.48. The van der Waals surface area contributed by atoms with E-state index in [0.29, 0.717) is 38.4 Å². The Balaban J connectivity index is 1.62. The van der Waals surface area contributed by atoms with Gasteiger partial charge in [-0.25, -0.2) is 4.79 Å². The van der Waals surface area contributed by atoms with Crippen LogP contribution in [0.4, 0.5) is 4.79 Å². The lowest BCUT2D eigenvalue weighted by Crippen LogP contribution is -2.56. The van der Waals surface area contributed by atoms with Crippen LogP contribution in [0.25, 0.3) is 0 Å². The number of rotatable bonds is 5. The van der Waals surface area contributed by atoms with Gasteiger partial charge in [-0.3, -0.25) is 4.79 Å². The van der Waals surface area contributed by atoms with Gasteiger partial charge < -0.3 is 24.3 Å². The van der Waals surface area contributed by atoms with E-state index >= 15 is 0 Å². The molecule has 0 aromatic carbocycles. The zero-order valence-electron chi connectivity index (χ0n) is 15.5. The zero-order valence-corrected chi connectivity index (χ0v) is 15.5. The molecular weight excluding hydrogens is 334 g/mol. The third-order valence-corrected chi connectivity index (χ3v) is 5.26. The van der Waals surface area contributed by atoms with Crippen molar-refractivity contribution in [2.24, 2.45) is 0 Å². The number of nitrogens with zero attached hydrogens (tertiary/aromatic N) is 2. The van der Waals surface area contributed by atoms with Crippen LogP contribution < -0.4 is 5.32 Å². The molecule has 0 aliphatic carbocycles. The summed E-state index contributed by atoms with van der Waals surface area (Å²) >= 11 is 0. The molecule has 0 radical (unpaired) electrons. The number of hydrogen-bond acceptors (Lipinski definition) is 4. The lowest BCUT2D eigenvalue weighted by atomic mass is 9.98. The SMILES string of the molecule is CCCNC(=O)N(C1CCOCC1)C1CCN(C(=O)c2ccoc2)CC1. The maximum Gasteiger partial charge on any atom is 0.317 e. The number of likely N-dealkylation sites (tertiary alicyclic amines) is 1. The topological polar surface area (TPSA) is 75.0 Å². The second-order valence-corrected chi connectivity index (χ2v) is 7.02. The molecule has 2 fully saturated rings. The average Bonchev–Trinajstić information content (AvgIpc) is 3.22. The molecule has 2 aliphatic heterocycles. The average molecular weight is 363 g/mol. The van der Waals surface area contributed by atoms with Gasteiger partial charge in [-0.05, 0) is 38.2 Å². The molecule has 1 N–H and O–H groups in total. The number of urea groups is 1. The van der Waals surface area contributed by atoms with E-state index in [2.05, 4.69) is 12.2 Å². The lowest BCUT2D eigenvalue weighted by molar-refractivity contribution is 0.0209. The molecule has 3 rings (SSSR count). The molecule has 0 bridgehead atoms. The Morgan fingerprint density at radius 1 is 1.19 bits per heavy atom. The second-order valence-electron chi connectivity index (χ2n) is 7.02. The predicted molar refractivity (Wildman–Crippen MR) is 97.0 cm³/mol. The van der Waals surface area contributed by atoms with Crippen molar-refractivity contribution in [1.29, 1.82) is 0 Å². The van der Waals surface area contributed by atoms with Crippen molar-refractivity contribution in [1.82, 2.24) is 15.1 Å². The van der Waals surface area contributed by atoms with Crippen molar-refractivity contribution in [3.8, 4) is 0 Å². The first-order valence-electron chi connectivity index (χ1n) is 9.66. The van der Waals surface area contributed by atoms with Crippen LogP contribution >= 0.6 is 0 Å². The van der Waals surface area contributed by atoms with Gasteiger partial charge in [0.2, 0.25) is 0 Å². The van der Waals surface area contributed by atoms with E-state index in [-0.39, 0.29) is 24.0 Å². The van der Waals surface area contributed by atoms with Crippen molar-refractivity contribution >= 4 is 11.9 Å². The Bertz CT molecular complexity index is 576. The number of carbonyl (C=O) groups is 2. The Kier molecular flexibility index (Phi) is 6.55. The maximum absolute atomic E-state index is 12.8. The van der Waals surface area contributed by atoms with Gasteiger partial charge in [0.05, 0.1) is 11.8 Å². The van der Waals surface area contributed by atoms with Crippen LogP contribution in [0.3, 0.4) is 0 Å². The first-order chi connectivity index (χ1) is 12.7. The van der Waals surface area contributed by atoms with Gasteiger partial charge >= 0.3 is 6.03 Å². The molecule has 0 saturated carbocycles. The molecular formula is C19H29N3O4. The zero-order chi connectivity index (χ0) is 18.4. The van der Waals surface area contributed by atoms with Gasteiger partial charge in [0.15, 0.2) is 0 Å². The van der Waals surface area contributed by atoms with Crippen LogP contribution in [-0.2, 0) is 4.74 Å². The van der Waals surface area contributed by atoms with E-state index in [0.717, 1.165) is 32.1 Å². The first kappa shape index (κ1) is 18.8. The standard InChI is InChI=1S/C19H29N3O4/c1-2-8-20-19(24)22(17-6-12-25-13-7-17)16-3-9-21(10-4-16)18(23)15-5-11-26-14-15/h5,11,14,16-17H,2-4,6-10,12-13H2,1H3,(H,20,24). The quantitative estimate of drug-likeness (QED) is 0.872. The van der Waals surface area contributed by atoms with E-state index in [1.165, 1.54) is 12.5 Å². The van der Waals surface area contributed by atoms with E-state index in [1.54, 1.807) is 6.07 Å². The molecule has 3 amide bonds. The number of nitrogens with one attached hydrogen (secondary N) is 1. The summed E-state index contributed by atoms with van der Waals surface area (Å²) in [6.07, 6.45) is 7.30. The molecule has 144 valence electrons. The maximum atomic E-state index is 12.8. The minimum Gasteiger partial charge on any atom is -0.472 e. The minimum absolute atomic E-state index is 0.00486. The summed E-state index contributed by atoms with van der Waals surface area (Å²) in [5, 5.41) is 3.04. The molecule has 1 aromatic heterocycles. The molecule has 7 heteroatoms. The number of carbonyl (C=O) groups excluding carboxylic acids is 2. The highest BCUT2D eigenvalue weighted by Crippen LogP contribution is 2.25. The first-order valence-corrected chi connectivity index (χ1v) is 9.66. The normalized spacial score (nSPS) is 19.3. The molecule has 2 aliphatic rings. The summed E-state index contributed by atoms with van der Waals surface area (Å²) in [7, 11) is 0. The Morgan fingerprint density at radius 3 is 2.50 bits per heavy atom. The van der Waals surface area contributed by atoms with Crippen molar-refractivity contribution < 1.29 is 18.7 Å². The molecule has 7 nitrogen and oxygen atoms in total. The van der Waals surface area contributed by atoms with Gasteiger partial charge in [0.25, 0.3) is 5.91 Å². The molecule has 0 unspecified atom stereocenters. The lowest BCUT2D eigenvalue weighted by Gasteiger charge is -2.43. The van der Waals surface area contributed by atoms with Crippen LogP contribution in [0.1, 0.15) is 49.4 Å². The number of amides is 3. The fraction of sp³-hybridized carbons (Fsp3) is 0.684. The Morgan fingerprint density at radius 2 is 1.88 bits per heavy atom. The number of furan rings is 1. The fourth-order valence-electron chi connectivity index (χ4n) is 3.83. The highest BCUT2D eigenvalue weighted by atomic mass is 16.5.